The van der Waals surface area contributed by atoms with Gasteiger partial charge < -0.3 is 5.32 Å². The first kappa shape index (κ1) is 16.4. The van der Waals surface area contributed by atoms with Gasteiger partial charge in [0.05, 0.1) is 4.88 Å². The molecule has 0 radical (unpaired) electrons. The van der Waals surface area contributed by atoms with Crippen molar-refractivity contribution >= 4 is 33.8 Å². The van der Waals surface area contributed by atoms with Gasteiger partial charge in [0, 0.05) is 19.4 Å². The molecular weight excluding hydrogens is 318 g/mol. The van der Waals surface area contributed by atoms with Crippen molar-refractivity contribution in [2.75, 3.05) is 6.54 Å². The van der Waals surface area contributed by atoms with Crippen molar-refractivity contribution in [3.63, 3.8) is 0 Å². The average molecular weight is 337 g/mol. The van der Waals surface area contributed by atoms with Crippen LogP contribution in [0.2, 0.25) is 0 Å². The largest absolute Gasteiger partial charge is 0.356 e. The zero-order valence-corrected chi connectivity index (χ0v) is 14.1. The summed E-state index contributed by atoms with van der Waals surface area (Å²) < 4.78 is 0. The number of hydrogen-bond donors (Lipinski definition) is 1. The van der Waals surface area contributed by atoms with Gasteiger partial charge in [0.1, 0.15) is 0 Å². The SMILES string of the molecule is O=C(CCC(=O)c1cccs1)NCCc1cccc2ccccc12. The van der Waals surface area contributed by atoms with Crippen LogP contribution < -0.4 is 5.32 Å². The van der Waals surface area contributed by atoms with Gasteiger partial charge in [-0.25, -0.2) is 0 Å². The number of carbonyl (C=O) groups excluding carboxylic acids is 2. The quantitative estimate of drug-likeness (QED) is 0.656. The molecule has 0 unspecified atom stereocenters. The summed E-state index contributed by atoms with van der Waals surface area (Å²) in [6.45, 7) is 0.583. The van der Waals surface area contributed by atoms with E-state index in [1.54, 1.807) is 6.07 Å². The minimum absolute atomic E-state index is 0.0363. The molecule has 4 heteroatoms. The zero-order chi connectivity index (χ0) is 16.8. The molecule has 0 saturated carbocycles. The summed E-state index contributed by atoms with van der Waals surface area (Å²) >= 11 is 1.42. The van der Waals surface area contributed by atoms with E-state index in [0.29, 0.717) is 6.54 Å². The van der Waals surface area contributed by atoms with Crippen LogP contribution in [0.5, 0.6) is 0 Å². The van der Waals surface area contributed by atoms with Gasteiger partial charge in [-0.05, 0) is 34.2 Å². The lowest BCUT2D eigenvalue weighted by molar-refractivity contribution is -0.121. The smallest absolute Gasteiger partial charge is 0.220 e. The van der Waals surface area contributed by atoms with Crippen LogP contribution in [-0.2, 0) is 11.2 Å². The Hall–Kier alpha value is -2.46. The van der Waals surface area contributed by atoms with E-state index in [2.05, 4.69) is 29.6 Å². The predicted octanol–water partition coefficient (Wildman–Crippen LogP) is 4.22. The third kappa shape index (κ3) is 4.09. The van der Waals surface area contributed by atoms with Crippen LogP contribution in [0.15, 0.2) is 60.0 Å². The van der Waals surface area contributed by atoms with E-state index < -0.39 is 0 Å². The summed E-state index contributed by atoms with van der Waals surface area (Å²) in [6, 6.07) is 18.1. The number of rotatable bonds is 7. The number of fused-ring (bicyclic) bond motifs is 1. The number of Topliss-reactive ketones (excluding diaryl/α,β-unsaturated/α-hetero) is 1. The molecular formula is C20H19NO2S. The van der Waals surface area contributed by atoms with Crippen LogP contribution in [0.3, 0.4) is 0 Å². The normalized spacial score (nSPS) is 10.7. The summed E-state index contributed by atoms with van der Waals surface area (Å²) in [5, 5.41) is 7.22. The molecule has 122 valence electrons. The molecule has 0 saturated heterocycles. The van der Waals surface area contributed by atoms with Crippen LogP contribution >= 0.6 is 11.3 Å². The first-order valence-corrected chi connectivity index (χ1v) is 8.92. The monoisotopic (exact) mass is 337 g/mol. The van der Waals surface area contributed by atoms with Gasteiger partial charge in [0.25, 0.3) is 0 Å². The average Bonchev–Trinajstić information content (AvgIpc) is 3.14. The minimum atomic E-state index is -0.0693. The number of benzene rings is 2. The summed E-state index contributed by atoms with van der Waals surface area (Å²) in [5.74, 6) is -0.0330. The maximum Gasteiger partial charge on any atom is 0.220 e. The maximum atomic E-state index is 11.9. The second-order valence-corrected chi connectivity index (χ2v) is 6.59. The predicted molar refractivity (Wildman–Crippen MR) is 98.5 cm³/mol. The molecule has 2 aromatic carbocycles. The highest BCUT2D eigenvalue weighted by molar-refractivity contribution is 7.12. The minimum Gasteiger partial charge on any atom is -0.356 e. The van der Waals surface area contributed by atoms with E-state index in [4.69, 9.17) is 0 Å². The van der Waals surface area contributed by atoms with E-state index in [0.717, 1.165) is 11.3 Å². The molecule has 1 heterocycles. The van der Waals surface area contributed by atoms with Crippen LogP contribution in [0, 0.1) is 0 Å². The summed E-state index contributed by atoms with van der Waals surface area (Å²) in [7, 11) is 0. The lowest BCUT2D eigenvalue weighted by Gasteiger charge is -2.08. The van der Waals surface area contributed by atoms with Crippen LogP contribution in [0.1, 0.15) is 28.1 Å². The fraction of sp³-hybridized carbons (Fsp3) is 0.200. The molecule has 0 fully saturated rings. The lowest BCUT2D eigenvalue weighted by atomic mass is 10.0. The number of thiophene rings is 1. The van der Waals surface area contributed by atoms with E-state index >= 15 is 0 Å². The van der Waals surface area contributed by atoms with Crippen molar-refractivity contribution in [3.8, 4) is 0 Å². The molecule has 1 N–H and O–H groups in total. The van der Waals surface area contributed by atoms with Crippen molar-refractivity contribution in [1.29, 1.82) is 0 Å². The first-order chi connectivity index (χ1) is 11.7. The van der Waals surface area contributed by atoms with Crippen LogP contribution in [0.4, 0.5) is 0 Å². The molecule has 1 amide bonds. The number of hydrogen-bond acceptors (Lipinski definition) is 3. The van der Waals surface area contributed by atoms with E-state index in [1.165, 1.54) is 27.7 Å². The second kappa shape index (κ2) is 7.88. The summed E-state index contributed by atoms with van der Waals surface area (Å²) in [6.07, 6.45) is 1.29. The highest BCUT2D eigenvalue weighted by Gasteiger charge is 2.10. The van der Waals surface area contributed by atoms with Gasteiger partial charge in [-0.15, -0.1) is 11.3 Å². The van der Waals surface area contributed by atoms with Gasteiger partial charge in [0.2, 0.25) is 5.91 Å². The number of amides is 1. The van der Waals surface area contributed by atoms with Crippen molar-refractivity contribution < 1.29 is 9.59 Å². The number of ketones is 1. The Morgan fingerprint density at radius 1 is 0.917 bits per heavy atom. The van der Waals surface area contributed by atoms with Crippen molar-refractivity contribution in [2.24, 2.45) is 0 Å². The standard InChI is InChI=1S/C20H19NO2S/c22-18(19-9-4-14-24-19)10-11-20(23)21-13-12-16-7-3-6-15-5-1-2-8-17(15)16/h1-9,14H,10-13H2,(H,21,23). The molecule has 3 nitrogen and oxygen atoms in total. The number of nitrogens with one attached hydrogen (secondary N) is 1. The topological polar surface area (TPSA) is 46.2 Å². The molecule has 3 rings (SSSR count). The third-order valence-electron chi connectivity index (χ3n) is 3.97. The fourth-order valence-corrected chi connectivity index (χ4v) is 3.42. The molecule has 0 aliphatic heterocycles. The van der Waals surface area contributed by atoms with Gasteiger partial charge in [-0.3, -0.25) is 9.59 Å². The Morgan fingerprint density at radius 3 is 2.58 bits per heavy atom. The fourth-order valence-electron chi connectivity index (χ4n) is 2.72. The van der Waals surface area contributed by atoms with E-state index in [1.807, 2.05) is 29.6 Å². The van der Waals surface area contributed by atoms with Gasteiger partial charge in [0.15, 0.2) is 5.78 Å². The maximum absolute atomic E-state index is 11.9. The molecule has 0 aliphatic carbocycles. The van der Waals surface area contributed by atoms with E-state index in [-0.39, 0.29) is 24.5 Å². The third-order valence-corrected chi connectivity index (χ3v) is 4.88. The molecule has 0 spiro atoms. The first-order valence-electron chi connectivity index (χ1n) is 8.04. The molecule has 3 aromatic rings. The Balaban J connectivity index is 1.47. The number of carbonyl (C=O) groups is 2. The van der Waals surface area contributed by atoms with Crippen LogP contribution in [0.25, 0.3) is 10.8 Å². The Kier molecular flexibility index (Phi) is 5.39. The lowest BCUT2D eigenvalue weighted by Crippen LogP contribution is -2.26. The highest BCUT2D eigenvalue weighted by atomic mass is 32.1. The van der Waals surface area contributed by atoms with Gasteiger partial charge >= 0.3 is 0 Å². The Bertz CT molecular complexity index is 834. The Labute approximate surface area is 145 Å². The van der Waals surface area contributed by atoms with E-state index in [9.17, 15) is 9.59 Å². The Morgan fingerprint density at radius 2 is 1.75 bits per heavy atom. The van der Waals surface area contributed by atoms with Crippen molar-refractivity contribution in [2.45, 2.75) is 19.3 Å². The van der Waals surface area contributed by atoms with Gasteiger partial charge in [-0.1, -0.05) is 48.5 Å². The van der Waals surface area contributed by atoms with Crippen LogP contribution in [-0.4, -0.2) is 18.2 Å². The summed E-state index contributed by atoms with van der Waals surface area (Å²) in [5.41, 5.74) is 1.23. The summed E-state index contributed by atoms with van der Waals surface area (Å²) in [4.78, 5) is 24.5. The van der Waals surface area contributed by atoms with Crippen molar-refractivity contribution in [1.82, 2.24) is 5.32 Å². The molecule has 0 aliphatic rings. The van der Waals surface area contributed by atoms with Gasteiger partial charge in [-0.2, -0.15) is 0 Å². The molecule has 0 atom stereocenters. The molecule has 0 bridgehead atoms. The second-order valence-electron chi connectivity index (χ2n) is 5.64. The molecule has 24 heavy (non-hydrogen) atoms. The zero-order valence-electron chi connectivity index (χ0n) is 13.3. The van der Waals surface area contributed by atoms with Crippen molar-refractivity contribution in [3.05, 3.63) is 70.4 Å². The highest BCUT2D eigenvalue weighted by Crippen LogP contribution is 2.18. The molecule has 1 aromatic heterocycles.